The van der Waals surface area contributed by atoms with E-state index in [0.717, 1.165) is 5.69 Å². The smallest absolute Gasteiger partial charge is 0.240 e. The van der Waals surface area contributed by atoms with Crippen LogP contribution in [-0.4, -0.2) is 20.5 Å². The molecule has 0 amide bonds. The summed E-state index contributed by atoms with van der Waals surface area (Å²) in [5, 5.41) is 3.21. The third-order valence-corrected chi connectivity index (χ3v) is 3.69. The largest absolute Gasteiger partial charge is 0.383 e. The van der Waals surface area contributed by atoms with Crippen molar-refractivity contribution in [2.45, 2.75) is 44.7 Å². The van der Waals surface area contributed by atoms with Crippen LogP contribution in [0, 0.1) is 0 Å². The lowest BCUT2D eigenvalue weighted by molar-refractivity contribution is 0.570. The Morgan fingerprint density at radius 1 is 0.941 bits per heavy atom. The van der Waals surface area contributed by atoms with Crippen LogP contribution >= 0.6 is 0 Å². The molecule has 0 unspecified atom stereocenters. The van der Waals surface area contributed by atoms with Gasteiger partial charge in [-0.25, -0.2) is 13.1 Å². The second kappa shape index (κ2) is 5.51. The Balaban J connectivity index is 2.87. The van der Waals surface area contributed by atoms with Crippen molar-refractivity contribution < 1.29 is 8.42 Å². The highest BCUT2D eigenvalue weighted by molar-refractivity contribution is 7.89. The van der Waals surface area contributed by atoms with Crippen LogP contribution in [0.2, 0.25) is 0 Å². The van der Waals surface area contributed by atoms with Crippen molar-refractivity contribution in [3.8, 4) is 0 Å². The summed E-state index contributed by atoms with van der Waals surface area (Å²) >= 11 is 0. The molecule has 1 rings (SSSR count). The first-order valence-electron chi connectivity index (χ1n) is 5.70. The van der Waals surface area contributed by atoms with Crippen LogP contribution in [-0.2, 0) is 10.0 Å². The standard InChI is InChI=1S/C12H20N2O2S/c1-9(2)13-11-5-7-12(8-6-11)17(15,16)14-10(3)4/h5-10,13-14H,1-4H3. The average Bonchev–Trinajstić information content (AvgIpc) is 2.15. The number of anilines is 1. The van der Waals surface area contributed by atoms with Gasteiger partial charge in [-0.3, -0.25) is 0 Å². The third-order valence-electron chi connectivity index (χ3n) is 2.01. The maximum atomic E-state index is 11.8. The summed E-state index contributed by atoms with van der Waals surface area (Å²) in [6.45, 7) is 7.66. The predicted molar refractivity (Wildman–Crippen MR) is 70.7 cm³/mol. The molecule has 0 aliphatic rings. The minimum Gasteiger partial charge on any atom is -0.383 e. The Kier molecular flexibility index (Phi) is 4.54. The maximum absolute atomic E-state index is 11.8. The van der Waals surface area contributed by atoms with E-state index < -0.39 is 10.0 Å². The van der Waals surface area contributed by atoms with Crippen molar-refractivity contribution in [3.05, 3.63) is 24.3 Å². The summed E-state index contributed by atoms with van der Waals surface area (Å²) < 4.78 is 26.2. The van der Waals surface area contributed by atoms with Crippen LogP contribution in [0.1, 0.15) is 27.7 Å². The molecule has 0 aliphatic carbocycles. The van der Waals surface area contributed by atoms with Gasteiger partial charge in [0.1, 0.15) is 0 Å². The van der Waals surface area contributed by atoms with E-state index in [1.54, 1.807) is 38.1 Å². The number of rotatable bonds is 5. The fourth-order valence-corrected chi connectivity index (χ4v) is 2.69. The molecule has 0 bridgehead atoms. The Hall–Kier alpha value is -1.07. The minimum absolute atomic E-state index is 0.103. The zero-order valence-corrected chi connectivity index (χ0v) is 11.5. The van der Waals surface area contributed by atoms with Crippen LogP contribution in [0.3, 0.4) is 0 Å². The molecule has 17 heavy (non-hydrogen) atoms. The van der Waals surface area contributed by atoms with E-state index in [1.165, 1.54) is 0 Å². The number of sulfonamides is 1. The zero-order chi connectivity index (χ0) is 13.1. The minimum atomic E-state index is -3.38. The molecule has 0 saturated heterocycles. The molecule has 96 valence electrons. The van der Waals surface area contributed by atoms with Gasteiger partial charge in [-0.05, 0) is 52.0 Å². The van der Waals surface area contributed by atoms with Crippen molar-refractivity contribution in [3.63, 3.8) is 0 Å². The summed E-state index contributed by atoms with van der Waals surface area (Å²) in [5.41, 5.74) is 0.920. The SMILES string of the molecule is CC(C)Nc1ccc(S(=O)(=O)NC(C)C)cc1. The molecule has 0 radical (unpaired) electrons. The highest BCUT2D eigenvalue weighted by Crippen LogP contribution is 2.14. The number of nitrogens with one attached hydrogen (secondary N) is 2. The summed E-state index contributed by atoms with van der Waals surface area (Å²) in [5.74, 6) is 0. The van der Waals surface area contributed by atoms with E-state index in [9.17, 15) is 8.42 Å². The summed E-state index contributed by atoms with van der Waals surface area (Å²) in [7, 11) is -3.38. The lowest BCUT2D eigenvalue weighted by Gasteiger charge is -2.12. The van der Waals surface area contributed by atoms with E-state index >= 15 is 0 Å². The van der Waals surface area contributed by atoms with Crippen LogP contribution in [0.15, 0.2) is 29.2 Å². The van der Waals surface area contributed by atoms with E-state index in [4.69, 9.17) is 0 Å². The van der Waals surface area contributed by atoms with Gasteiger partial charge in [0.2, 0.25) is 10.0 Å². The van der Waals surface area contributed by atoms with Crippen LogP contribution in [0.4, 0.5) is 5.69 Å². The van der Waals surface area contributed by atoms with E-state index in [-0.39, 0.29) is 6.04 Å². The monoisotopic (exact) mass is 256 g/mol. The van der Waals surface area contributed by atoms with Gasteiger partial charge >= 0.3 is 0 Å². The first-order valence-corrected chi connectivity index (χ1v) is 7.18. The molecule has 0 saturated carbocycles. The molecular formula is C12H20N2O2S. The predicted octanol–water partition coefficient (Wildman–Crippen LogP) is 2.19. The van der Waals surface area contributed by atoms with Gasteiger partial charge in [0.15, 0.2) is 0 Å². The Bertz CT molecular complexity index is 450. The quantitative estimate of drug-likeness (QED) is 0.849. The van der Waals surface area contributed by atoms with Gasteiger partial charge in [0.05, 0.1) is 4.90 Å². The summed E-state index contributed by atoms with van der Waals surface area (Å²) in [6.07, 6.45) is 0. The molecule has 1 aromatic rings. The van der Waals surface area contributed by atoms with Gasteiger partial charge in [-0.15, -0.1) is 0 Å². The molecule has 0 heterocycles. The van der Waals surface area contributed by atoms with Gasteiger partial charge in [0.25, 0.3) is 0 Å². The van der Waals surface area contributed by atoms with Crippen molar-refractivity contribution in [2.24, 2.45) is 0 Å². The Morgan fingerprint density at radius 2 is 1.47 bits per heavy atom. The lowest BCUT2D eigenvalue weighted by Crippen LogP contribution is -2.30. The molecule has 1 aromatic carbocycles. The number of benzene rings is 1. The van der Waals surface area contributed by atoms with E-state index in [2.05, 4.69) is 10.0 Å². The van der Waals surface area contributed by atoms with Crippen molar-refractivity contribution in [1.29, 1.82) is 0 Å². The molecule has 0 aliphatic heterocycles. The molecule has 0 aromatic heterocycles. The molecule has 0 spiro atoms. The second-order valence-electron chi connectivity index (χ2n) is 4.60. The second-order valence-corrected chi connectivity index (χ2v) is 6.31. The highest BCUT2D eigenvalue weighted by atomic mass is 32.2. The molecular weight excluding hydrogens is 236 g/mol. The highest BCUT2D eigenvalue weighted by Gasteiger charge is 2.14. The van der Waals surface area contributed by atoms with Crippen LogP contribution < -0.4 is 10.0 Å². The first kappa shape index (κ1) is 14.0. The molecule has 2 N–H and O–H groups in total. The van der Waals surface area contributed by atoms with Gasteiger partial charge in [-0.2, -0.15) is 0 Å². The third kappa shape index (κ3) is 4.36. The van der Waals surface area contributed by atoms with E-state index in [0.29, 0.717) is 10.9 Å². The Labute approximate surface area is 103 Å². The fraction of sp³-hybridized carbons (Fsp3) is 0.500. The number of hydrogen-bond donors (Lipinski definition) is 2. The average molecular weight is 256 g/mol. The maximum Gasteiger partial charge on any atom is 0.240 e. The summed E-state index contributed by atoms with van der Waals surface area (Å²) in [4.78, 5) is 0.292. The van der Waals surface area contributed by atoms with Crippen LogP contribution in [0.5, 0.6) is 0 Å². The fourth-order valence-electron chi connectivity index (χ4n) is 1.44. The lowest BCUT2D eigenvalue weighted by atomic mass is 10.3. The summed E-state index contributed by atoms with van der Waals surface area (Å²) in [6, 6.07) is 6.98. The molecule has 5 heteroatoms. The van der Waals surface area contributed by atoms with Crippen molar-refractivity contribution >= 4 is 15.7 Å². The van der Waals surface area contributed by atoms with Crippen molar-refractivity contribution in [1.82, 2.24) is 4.72 Å². The molecule has 4 nitrogen and oxygen atoms in total. The first-order chi connectivity index (χ1) is 7.81. The van der Waals surface area contributed by atoms with Crippen molar-refractivity contribution in [2.75, 3.05) is 5.32 Å². The molecule has 0 fully saturated rings. The number of hydrogen-bond acceptors (Lipinski definition) is 3. The van der Waals surface area contributed by atoms with Gasteiger partial charge < -0.3 is 5.32 Å². The normalized spacial score (nSPS) is 12.1. The Morgan fingerprint density at radius 3 is 1.88 bits per heavy atom. The topological polar surface area (TPSA) is 58.2 Å². The van der Waals surface area contributed by atoms with E-state index in [1.807, 2.05) is 13.8 Å². The molecule has 0 atom stereocenters. The van der Waals surface area contributed by atoms with Crippen LogP contribution in [0.25, 0.3) is 0 Å². The zero-order valence-electron chi connectivity index (χ0n) is 10.7. The van der Waals surface area contributed by atoms with Gasteiger partial charge in [0, 0.05) is 17.8 Å². The van der Waals surface area contributed by atoms with Gasteiger partial charge in [-0.1, -0.05) is 0 Å².